The van der Waals surface area contributed by atoms with E-state index in [4.69, 9.17) is 16.3 Å². The molecule has 4 aromatic rings. The number of amides is 1. The Hall–Kier alpha value is -4.10. The van der Waals surface area contributed by atoms with Crippen LogP contribution in [-0.2, 0) is 24.8 Å². The molecule has 1 fully saturated rings. The number of carbonyl (C=O) groups excluding carboxylic acids is 1. The molecule has 0 spiro atoms. The molecule has 0 atom stereocenters. The van der Waals surface area contributed by atoms with Crippen LogP contribution in [0.15, 0.2) is 107 Å². The van der Waals surface area contributed by atoms with E-state index in [1.165, 1.54) is 34.6 Å². The van der Waals surface area contributed by atoms with Gasteiger partial charge in [0.05, 0.1) is 40.2 Å². The normalized spacial score (nSPS) is 13.7. The van der Waals surface area contributed by atoms with Crippen LogP contribution in [0.5, 0.6) is 0 Å². The molecular formula is C31H31ClN4O6S2. The molecule has 44 heavy (non-hydrogen) atoms. The number of benzene rings is 4. The number of hydrogen-bond donors (Lipinski definition) is 2. The Morgan fingerprint density at radius 1 is 0.886 bits per heavy atom. The third kappa shape index (κ3) is 6.83. The number of ether oxygens (including phenoxy) is 1. The van der Waals surface area contributed by atoms with E-state index in [2.05, 4.69) is 10.0 Å². The Morgan fingerprint density at radius 2 is 1.59 bits per heavy atom. The first-order valence-corrected chi connectivity index (χ1v) is 17.1. The van der Waals surface area contributed by atoms with Gasteiger partial charge in [0, 0.05) is 30.9 Å². The van der Waals surface area contributed by atoms with Crippen LogP contribution in [-0.4, -0.2) is 55.6 Å². The quantitative estimate of drug-likeness (QED) is 0.233. The first-order chi connectivity index (χ1) is 21.1. The van der Waals surface area contributed by atoms with Crippen molar-refractivity contribution in [2.75, 3.05) is 52.1 Å². The van der Waals surface area contributed by atoms with Crippen molar-refractivity contribution >= 4 is 60.3 Å². The van der Waals surface area contributed by atoms with Crippen LogP contribution in [0.2, 0.25) is 5.02 Å². The van der Waals surface area contributed by atoms with Crippen molar-refractivity contribution in [3.8, 4) is 0 Å². The second-order valence-electron chi connectivity index (χ2n) is 9.85. The maximum atomic E-state index is 13.7. The number of nitrogens with one attached hydrogen (secondary N) is 2. The predicted octanol–water partition coefficient (Wildman–Crippen LogP) is 5.44. The van der Waals surface area contributed by atoms with Crippen LogP contribution in [0.3, 0.4) is 0 Å². The summed E-state index contributed by atoms with van der Waals surface area (Å²) in [5.41, 5.74) is 1.46. The first kappa shape index (κ1) is 31.3. The average molecular weight is 655 g/mol. The molecule has 10 nitrogen and oxygen atoms in total. The summed E-state index contributed by atoms with van der Waals surface area (Å²) in [6, 6.07) is 25.5. The van der Waals surface area contributed by atoms with E-state index in [1.807, 2.05) is 4.90 Å². The summed E-state index contributed by atoms with van der Waals surface area (Å²) < 4.78 is 63.6. The molecule has 1 heterocycles. The van der Waals surface area contributed by atoms with Crippen molar-refractivity contribution in [3.05, 3.63) is 108 Å². The minimum Gasteiger partial charge on any atom is -0.378 e. The lowest BCUT2D eigenvalue weighted by Gasteiger charge is -2.30. The predicted molar refractivity (Wildman–Crippen MR) is 173 cm³/mol. The third-order valence-corrected chi connectivity index (χ3v) is 10.6. The number of sulfonamides is 2. The highest BCUT2D eigenvalue weighted by Crippen LogP contribution is 2.33. The monoisotopic (exact) mass is 654 g/mol. The summed E-state index contributed by atoms with van der Waals surface area (Å²) in [5.74, 6) is -0.605. The van der Waals surface area contributed by atoms with Crippen molar-refractivity contribution in [1.29, 1.82) is 0 Å². The van der Waals surface area contributed by atoms with Crippen molar-refractivity contribution in [2.45, 2.75) is 16.7 Å². The standard InChI is InChI=1S/C31H31ClN4O6S2/c1-2-36(25-10-4-3-5-11-25)44(40,41)26-12-8-9-23(21-26)31(37)33-24-15-16-29(35-17-19-42-20-18-35)30(22-24)43(38,39)34-28-14-7-6-13-27(28)32/h3-16,21-22,34H,2,17-20H2,1H3,(H,33,37). The van der Waals surface area contributed by atoms with Crippen LogP contribution >= 0.6 is 11.6 Å². The van der Waals surface area contributed by atoms with Gasteiger partial charge in [0.25, 0.3) is 26.0 Å². The zero-order chi connectivity index (χ0) is 31.3. The van der Waals surface area contributed by atoms with Gasteiger partial charge in [-0.1, -0.05) is 48.0 Å². The minimum atomic E-state index is -4.16. The van der Waals surface area contributed by atoms with E-state index in [1.54, 1.807) is 73.7 Å². The summed E-state index contributed by atoms with van der Waals surface area (Å²) in [7, 11) is -8.13. The van der Waals surface area contributed by atoms with Gasteiger partial charge in [-0.05, 0) is 67.6 Å². The lowest BCUT2D eigenvalue weighted by molar-refractivity contribution is 0.102. The molecule has 230 valence electrons. The van der Waals surface area contributed by atoms with E-state index in [9.17, 15) is 21.6 Å². The summed E-state index contributed by atoms with van der Waals surface area (Å²) in [6.07, 6.45) is 0. The van der Waals surface area contributed by atoms with Crippen molar-refractivity contribution < 1.29 is 26.4 Å². The van der Waals surface area contributed by atoms with Gasteiger partial charge in [0.2, 0.25) is 0 Å². The summed E-state index contributed by atoms with van der Waals surface area (Å²) in [6.45, 7) is 3.77. The van der Waals surface area contributed by atoms with E-state index in [-0.39, 0.29) is 38.3 Å². The van der Waals surface area contributed by atoms with Gasteiger partial charge in [0.15, 0.2) is 0 Å². The number of carbonyl (C=O) groups is 1. The van der Waals surface area contributed by atoms with Crippen LogP contribution in [0.1, 0.15) is 17.3 Å². The van der Waals surface area contributed by atoms with Gasteiger partial charge in [-0.25, -0.2) is 16.8 Å². The smallest absolute Gasteiger partial charge is 0.264 e. The zero-order valence-corrected chi connectivity index (χ0v) is 26.2. The van der Waals surface area contributed by atoms with Gasteiger partial charge >= 0.3 is 0 Å². The first-order valence-electron chi connectivity index (χ1n) is 13.8. The molecule has 1 saturated heterocycles. The molecule has 2 N–H and O–H groups in total. The number of para-hydroxylation sites is 2. The van der Waals surface area contributed by atoms with Gasteiger partial charge in [0.1, 0.15) is 4.90 Å². The number of morpholine rings is 1. The van der Waals surface area contributed by atoms with Crippen LogP contribution in [0.4, 0.5) is 22.7 Å². The minimum absolute atomic E-state index is 0.0503. The highest BCUT2D eigenvalue weighted by molar-refractivity contribution is 7.93. The summed E-state index contributed by atoms with van der Waals surface area (Å²) in [5, 5.41) is 2.95. The van der Waals surface area contributed by atoms with Crippen molar-refractivity contribution in [1.82, 2.24) is 0 Å². The molecule has 0 bridgehead atoms. The van der Waals surface area contributed by atoms with Gasteiger partial charge in [-0.2, -0.15) is 0 Å². The Morgan fingerprint density at radius 3 is 2.30 bits per heavy atom. The molecule has 5 rings (SSSR count). The fourth-order valence-corrected chi connectivity index (χ4v) is 7.92. The fraction of sp³-hybridized carbons (Fsp3) is 0.194. The molecule has 13 heteroatoms. The Bertz CT molecular complexity index is 1870. The molecular weight excluding hydrogens is 624 g/mol. The van der Waals surface area contributed by atoms with Crippen LogP contribution in [0, 0.1) is 0 Å². The zero-order valence-electron chi connectivity index (χ0n) is 23.8. The van der Waals surface area contributed by atoms with E-state index in [0.717, 1.165) is 0 Å². The Kier molecular flexibility index (Phi) is 9.45. The number of anilines is 4. The second kappa shape index (κ2) is 13.3. The van der Waals surface area contributed by atoms with Gasteiger partial charge in [-0.3, -0.25) is 13.8 Å². The van der Waals surface area contributed by atoms with Crippen molar-refractivity contribution in [2.24, 2.45) is 0 Å². The van der Waals surface area contributed by atoms with E-state index in [0.29, 0.717) is 37.7 Å². The highest BCUT2D eigenvalue weighted by Gasteiger charge is 2.27. The molecule has 1 amide bonds. The maximum absolute atomic E-state index is 13.7. The molecule has 0 saturated carbocycles. The lowest BCUT2D eigenvalue weighted by Crippen LogP contribution is -2.37. The number of rotatable bonds is 10. The Labute approximate surface area is 262 Å². The average Bonchev–Trinajstić information content (AvgIpc) is 3.03. The van der Waals surface area contributed by atoms with Crippen LogP contribution < -0.4 is 19.2 Å². The third-order valence-electron chi connectivity index (χ3n) is 6.99. The van der Waals surface area contributed by atoms with Crippen LogP contribution in [0.25, 0.3) is 0 Å². The Balaban J connectivity index is 1.45. The van der Waals surface area contributed by atoms with E-state index >= 15 is 0 Å². The largest absolute Gasteiger partial charge is 0.378 e. The topological polar surface area (TPSA) is 125 Å². The lowest BCUT2D eigenvalue weighted by atomic mass is 10.2. The van der Waals surface area contributed by atoms with E-state index < -0.39 is 26.0 Å². The molecule has 0 radical (unpaired) electrons. The number of halogens is 1. The van der Waals surface area contributed by atoms with Crippen molar-refractivity contribution in [3.63, 3.8) is 0 Å². The highest BCUT2D eigenvalue weighted by atomic mass is 35.5. The second-order valence-corrected chi connectivity index (χ2v) is 13.8. The molecule has 0 unspecified atom stereocenters. The van der Waals surface area contributed by atoms with Gasteiger partial charge < -0.3 is 15.0 Å². The molecule has 1 aliphatic heterocycles. The van der Waals surface area contributed by atoms with Gasteiger partial charge in [-0.15, -0.1) is 0 Å². The number of hydrogen-bond acceptors (Lipinski definition) is 7. The molecule has 1 aliphatic rings. The number of nitrogens with zero attached hydrogens (tertiary/aromatic N) is 2. The molecule has 0 aromatic heterocycles. The summed E-state index contributed by atoms with van der Waals surface area (Å²) >= 11 is 6.23. The SMILES string of the molecule is CCN(c1ccccc1)S(=O)(=O)c1cccc(C(=O)Nc2ccc(N3CCOCC3)c(S(=O)(=O)Nc3ccccc3Cl)c2)c1. The molecule has 4 aromatic carbocycles. The maximum Gasteiger partial charge on any atom is 0.264 e. The summed E-state index contributed by atoms with van der Waals surface area (Å²) in [4.78, 5) is 15.1. The fourth-order valence-electron chi connectivity index (χ4n) is 4.83. The molecule has 0 aliphatic carbocycles.